The first-order valence-corrected chi connectivity index (χ1v) is 26.7. The average molecular weight is 868 g/mol. The molecule has 5 unspecified atom stereocenters. The number of morpholine rings is 1. The van der Waals surface area contributed by atoms with E-state index in [-0.39, 0.29) is 30.2 Å². The Morgan fingerprint density at radius 2 is 1.53 bits per heavy atom. The quantitative estimate of drug-likeness (QED) is 0.0391. The first-order chi connectivity index (χ1) is 30.1. The van der Waals surface area contributed by atoms with Crippen LogP contribution in [-0.4, -0.2) is 89.0 Å². The molecule has 7 nitrogen and oxygen atoms in total. The van der Waals surface area contributed by atoms with Crippen molar-refractivity contribution in [2.24, 2.45) is 46.3 Å². The number of ether oxygens (including phenoxy) is 5. The SMILES string of the molecule is CCCCCCCC=CCCCCCCCCOCC(CN1CCOCC1)OCCOCC(=O)O[C@H]1CC[C@@]2(C)C(=CCC3C2CC[C@@]2(C)C3CC[C@@H]2C(C)CCCC(C)C)C1. The van der Waals surface area contributed by atoms with Crippen LogP contribution in [0.3, 0.4) is 0 Å². The number of carbonyl (C=O) groups is 1. The van der Waals surface area contributed by atoms with Crippen LogP contribution in [0.1, 0.15) is 196 Å². The highest BCUT2D eigenvalue weighted by molar-refractivity contribution is 5.71. The Labute approximate surface area is 382 Å². The summed E-state index contributed by atoms with van der Waals surface area (Å²) in [6.07, 6.45) is 38.3. The van der Waals surface area contributed by atoms with Crippen molar-refractivity contribution in [3.8, 4) is 0 Å². The van der Waals surface area contributed by atoms with Crippen molar-refractivity contribution < 1.29 is 28.5 Å². The van der Waals surface area contributed by atoms with Crippen molar-refractivity contribution in [1.29, 1.82) is 0 Å². The minimum Gasteiger partial charge on any atom is -0.460 e. The maximum absolute atomic E-state index is 13.0. The van der Waals surface area contributed by atoms with Gasteiger partial charge in [0.05, 0.1) is 39.1 Å². The van der Waals surface area contributed by atoms with E-state index in [1.54, 1.807) is 5.57 Å². The Bertz CT molecular complexity index is 1290. The first kappa shape index (κ1) is 51.7. The van der Waals surface area contributed by atoms with Crippen LogP contribution >= 0.6 is 0 Å². The van der Waals surface area contributed by atoms with Gasteiger partial charge >= 0.3 is 5.97 Å². The Balaban J connectivity index is 0.937. The molecule has 7 heteroatoms. The Morgan fingerprint density at radius 1 is 0.806 bits per heavy atom. The van der Waals surface area contributed by atoms with E-state index in [2.05, 4.69) is 64.7 Å². The fourth-order valence-electron chi connectivity index (χ4n) is 13.1. The number of allylic oxidation sites excluding steroid dienone is 3. The van der Waals surface area contributed by atoms with Gasteiger partial charge in [-0.05, 0) is 123 Å². The summed E-state index contributed by atoms with van der Waals surface area (Å²) in [5.74, 6) is 4.79. The maximum atomic E-state index is 13.0. The van der Waals surface area contributed by atoms with Gasteiger partial charge in [0.1, 0.15) is 12.7 Å². The predicted octanol–water partition coefficient (Wildman–Crippen LogP) is 13.3. The summed E-state index contributed by atoms with van der Waals surface area (Å²) < 4.78 is 29.9. The smallest absolute Gasteiger partial charge is 0.332 e. The number of hydrogen-bond donors (Lipinski definition) is 0. The molecule has 62 heavy (non-hydrogen) atoms. The minimum atomic E-state index is -0.241. The third-order valence-electron chi connectivity index (χ3n) is 16.8. The topological polar surface area (TPSA) is 66.5 Å². The lowest BCUT2D eigenvalue weighted by Crippen LogP contribution is -2.51. The van der Waals surface area contributed by atoms with Crippen LogP contribution in [0.4, 0.5) is 0 Å². The van der Waals surface area contributed by atoms with Crippen molar-refractivity contribution in [2.45, 2.75) is 208 Å². The molecule has 1 heterocycles. The third-order valence-corrected chi connectivity index (χ3v) is 16.8. The molecule has 4 aliphatic carbocycles. The first-order valence-electron chi connectivity index (χ1n) is 26.7. The van der Waals surface area contributed by atoms with E-state index in [4.69, 9.17) is 23.7 Å². The number of nitrogens with zero attached hydrogens (tertiary/aromatic N) is 1. The van der Waals surface area contributed by atoms with E-state index in [0.717, 1.165) is 101 Å². The summed E-state index contributed by atoms with van der Waals surface area (Å²) in [7, 11) is 0. The Hall–Kier alpha value is -1.25. The standard InChI is InChI=1S/C55H97NO6/c1-7-8-9-10-11-12-13-14-15-16-17-18-19-20-21-35-59-42-48(41-56-33-36-58-37-34-56)61-39-38-60-43-53(57)62-47-29-31-54(5)46(40-47)25-26-49-51-28-27-50(45(4)24-22-23-44(2)3)55(51,6)32-30-52(49)54/h13-14,25,44-45,47-52H,7-12,15-24,26-43H2,1-6H3/t45?,47-,48?,49?,50+,51?,52?,54-,55+/m0/s1. The molecule has 5 rings (SSSR count). The van der Waals surface area contributed by atoms with Gasteiger partial charge in [0, 0.05) is 32.7 Å². The van der Waals surface area contributed by atoms with Gasteiger partial charge in [-0.15, -0.1) is 0 Å². The predicted molar refractivity (Wildman–Crippen MR) is 256 cm³/mol. The lowest BCUT2D eigenvalue weighted by atomic mass is 9.47. The second kappa shape index (κ2) is 28.0. The molecule has 0 bridgehead atoms. The highest BCUT2D eigenvalue weighted by Gasteiger charge is 2.59. The number of fused-ring (bicyclic) bond motifs is 5. The van der Waals surface area contributed by atoms with Gasteiger partial charge in [-0.1, -0.05) is 136 Å². The summed E-state index contributed by atoms with van der Waals surface area (Å²) in [6.45, 7) is 21.2. The molecule has 9 atom stereocenters. The van der Waals surface area contributed by atoms with Gasteiger partial charge < -0.3 is 23.7 Å². The molecule has 0 aromatic carbocycles. The van der Waals surface area contributed by atoms with Crippen molar-refractivity contribution in [2.75, 3.05) is 65.9 Å². The van der Waals surface area contributed by atoms with E-state index >= 15 is 0 Å². The van der Waals surface area contributed by atoms with E-state index in [1.165, 1.54) is 128 Å². The zero-order valence-corrected chi connectivity index (χ0v) is 41.3. The summed E-state index contributed by atoms with van der Waals surface area (Å²) in [5.41, 5.74) is 2.34. The Kier molecular flexibility index (Phi) is 23.4. The van der Waals surface area contributed by atoms with Crippen LogP contribution < -0.4 is 0 Å². The summed E-state index contributed by atoms with van der Waals surface area (Å²) >= 11 is 0. The maximum Gasteiger partial charge on any atom is 0.332 e. The van der Waals surface area contributed by atoms with Crippen molar-refractivity contribution in [3.63, 3.8) is 0 Å². The second-order valence-electron chi connectivity index (χ2n) is 21.8. The normalized spacial score (nSPS) is 29.9. The molecule has 1 saturated heterocycles. The van der Waals surface area contributed by atoms with Gasteiger partial charge in [-0.25, -0.2) is 4.79 Å². The van der Waals surface area contributed by atoms with Crippen LogP contribution in [0.15, 0.2) is 23.8 Å². The molecule has 0 radical (unpaired) electrons. The summed E-state index contributed by atoms with van der Waals surface area (Å²) in [5, 5.41) is 0. The molecule has 0 spiro atoms. The van der Waals surface area contributed by atoms with E-state index in [9.17, 15) is 4.79 Å². The highest BCUT2D eigenvalue weighted by Crippen LogP contribution is 2.67. The van der Waals surface area contributed by atoms with Crippen molar-refractivity contribution in [3.05, 3.63) is 23.8 Å². The molecule has 0 N–H and O–H groups in total. The lowest BCUT2D eigenvalue weighted by Gasteiger charge is -2.58. The summed E-state index contributed by atoms with van der Waals surface area (Å²) in [6, 6.07) is 0. The van der Waals surface area contributed by atoms with Crippen LogP contribution in [0, 0.1) is 46.3 Å². The van der Waals surface area contributed by atoms with Crippen LogP contribution in [-0.2, 0) is 28.5 Å². The molecular weight excluding hydrogens is 771 g/mol. The molecule has 358 valence electrons. The number of unbranched alkanes of at least 4 members (excludes halogenated alkanes) is 11. The Morgan fingerprint density at radius 3 is 2.27 bits per heavy atom. The number of hydrogen-bond acceptors (Lipinski definition) is 7. The van der Waals surface area contributed by atoms with E-state index in [0.29, 0.717) is 25.2 Å². The van der Waals surface area contributed by atoms with Gasteiger partial charge in [0.2, 0.25) is 0 Å². The average Bonchev–Trinajstić information content (AvgIpc) is 3.62. The molecule has 4 fully saturated rings. The molecule has 1 aliphatic heterocycles. The zero-order chi connectivity index (χ0) is 44.0. The number of carbonyl (C=O) groups excluding carboxylic acids is 1. The lowest BCUT2D eigenvalue weighted by molar-refractivity contribution is -0.157. The molecule has 0 aromatic heterocycles. The monoisotopic (exact) mass is 868 g/mol. The van der Waals surface area contributed by atoms with Crippen LogP contribution in [0.5, 0.6) is 0 Å². The van der Waals surface area contributed by atoms with Crippen LogP contribution in [0.2, 0.25) is 0 Å². The second-order valence-corrected chi connectivity index (χ2v) is 21.8. The zero-order valence-electron chi connectivity index (χ0n) is 41.3. The van der Waals surface area contributed by atoms with Crippen LogP contribution in [0.25, 0.3) is 0 Å². The van der Waals surface area contributed by atoms with Gasteiger partial charge in [-0.2, -0.15) is 0 Å². The number of esters is 1. The molecule has 5 aliphatic rings. The summed E-state index contributed by atoms with van der Waals surface area (Å²) in [4.78, 5) is 15.4. The molecular formula is C55H97NO6. The highest BCUT2D eigenvalue weighted by atomic mass is 16.6. The van der Waals surface area contributed by atoms with E-state index < -0.39 is 0 Å². The fraction of sp³-hybridized carbons (Fsp3) is 0.909. The van der Waals surface area contributed by atoms with Crippen molar-refractivity contribution in [1.82, 2.24) is 4.90 Å². The minimum absolute atomic E-state index is 0.0152. The van der Waals surface area contributed by atoms with Crippen molar-refractivity contribution >= 4 is 5.97 Å². The van der Waals surface area contributed by atoms with Gasteiger partial charge in [0.25, 0.3) is 0 Å². The van der Waals surface area contributed by atoms with Gasteiger partial charge in [0.15, 0.2) is 0 Å². The fourth-order valence-corrected chi connectivity index (χ4v) is 13.1. The molecule has 0 amide bonds. The largest absolute Gasteiger partial charge is 0.460 e. The number of rotatable bonds is 31. The third kappa shape index (κ3) is 16.3. The molecule has 0 aromatic rings. The van der Waals surface area contributed by atoms with Gasteiger partial charge in [-0.3, -0.25) is 4.90 Å². The molecule has 3 saturated carbocycles. The van der Waals surface area contributed by atoms with E-state index in [1.807, 2.05) is 0 Å².